The second-order valence-corrected chi connectivity index (χ2v) is 8.13. The maximum Gasteiger partial charge on any atom is 0.337 e. The zero-order valence-electron chi connectivity index (χ0n) is 16.2. The van der Waals surface area contributed by atoms with E-state index in [2.05, 4.69) is 9.80 Å². The summed E-state index contributed by atoms with van der Waals surface area (Å²) in [7, 11) is 0. The summed E-state index contributed by atoms with van der Waals surface area (Å²) in [5.41, 5.74) is 3.44. The second-order valence-electron chi connectivity index (χ2n) is 8.13. The molecule has 2 aromatic carbocycles. The van der Waals surface area contributed by atoms with E-state index in [4.69, 9.17) is 5.11 Å². The Balaban J connectivity index is 1.32. The molecule has 0 saturated carbocycles. The number of carboxylic acid groups (broad SMARTS) is 2. The Morgan fingerprint density at radius 2 is 1.40 bits per heavy atom. The van der Waals surface area contributed by atoms with Crippen LogP contribution < -0.4 is 9.80 Å². The number of hydrogen-bond donors (Lipinski definition) is 2. The number of para-hydroxylation sites is 1. The van der Waals surface area contributed by atoms with Crippen LogP contribution in [0.3, 0.4) is 0 Å². The third kappa shape index (κ3) is 2.90. The fourth-order valence-corrected chi connectivity index (χ4v) is 4.61. The van der Waals surface area contributed by atoms with E-state index in [1.807, 2.05) is 47.3 Å². The second kappa shape index (κ2) is 6.66. The van der Waals surface area contributed by atoms with Crippen LogP contribution in [0.1, 0.15) is 20.7 Å². The van der Waals surface area contributed by atoms with E-state index < -0.39 is 11.9 Å². The quantitative estimate of drug-likeness (QED) is 0.681. The van der Waals surface area contributed by atoms with E-state index in [0.29, 0.717) is 16.8 Å². The minimum Gasteiger partial charge on any atom is -0.478 e. The third-order valence-electron chi connectivity index (χ3n) is 6.03. The normalized spacial score (nSPS) is 16.8. The van der Waals surface area contributed by atoms with Gasteiger partial charge in [0.05, 0.1) is 22.5 Å². The molecular weight excluding hydrogens is 382 g/mol. The van der Waals surface area contributed by atoms with Gasteiger partial charge in [-0.25, -0.2) is 9.59 Å². The Morgan fingerprint density at radius 3 is 2.00 bits per heavy atom. The smallest absolute Gasteiger partial charge is 0.337 e. The van der Waals surface area contributed by atoms with Gasteiger partial charge >= 0.3 is 11.9 Å². The lowest BCUT2D eigenvalue weighted by Crippen LogP contribution is -2.72. The lowest BCUT2D eigenvalue weighted by molar-refractivity contribution is 0.0686. The molecule has 5 rings (SSSR count). The third-order valence-corrected chi connectivity index (χ3v) is 6.03. The summed E-state index contributed by atoms with van der Waals surface area (Å²) < 4.78 is 1.86. The largest absolute Gasteiger partial charge is 0.478 e. The average molecular weight is 403 g/mol. The van der Waals surface area contributed by atoms with E-state index in [9.17, 15) is 14.7 Å². The number of rotatable bonds is 5. The van der Waals surface area contributed by atoms with Gasteiger partial charge in [0.1, 0.15) is 0 Å². The highest BCUT2D eigenvalue weighted by molar-refractivity contribution is 5.95. The van der Waals surface area contributed by atoms with Gasteiger partial charge in [0.2, 0.25) is 0 Å². The Labute approximate surface area is 173 Å². The van der Waals surface area contributed by atoms with Crippen molar-refractivity contribution < 1.29 is 19.8 Å². The van der Waals surface area contributed by atoms with Gasteiger partial charge < -0.3 is 24.6 Å². The molecule has 0 bridgehead atoms. The first-order chi connectivity index (χ1) is 14.5. The van der Waals surface area contributed by atoms with E-state index in [-0.39, 0.29) is 5.41 Å². The van der Waals surface area contributed by atoms with Crippen molar-refractivity contribution in [1.82, 2.24) is 4.57 Å². The van der Waals surface area contributed by atoms with Crippen LogP contribution in [-0.2, 0) is 0 Å². The maximum atomic E-state index is 11.8. The standard InChI is InChI=1S/C23H21N3O4/c27-21(28)16-6-8-17(9-7-16)25-12-23(13-25)14-26(15-23)19-5-3-4-18(22(29)30)20(19)24-10-1-2-11-24/h1-11H,12-15H2,(H,27,28)(H,29,30). The molecule has 30 heavy (non-hydrogen) atoms. The van der Waals surface area contributed by atoms with Gasteiger partial charge in [-0.3, -0.25) is 0 Å². The molecule has 2 fully saturated rings. The Bertz CT molecular complexity index is 1110. The van der Waals surface area contributed by atoms with Crippen LogP contribution in [0.4, 0.5) is 11.4 Å². The predicted octanol–water partition coefficient (Wildman–Crippen LogP) is 3.20. The molecule has 152 valence electrons. The van der Waals surface area contributed by atoms with Gasteiger partial charge in [0.15, 0.2) is 0 Å². The Hall–Kier alpha value is -3.74. The molecule has 1 aromatic heterocycles. The number of aromatic carboxylic acids is 2. The zero-order valence-corrected chi connectivity index (χ0v) is 16.2. The van der Waals surface area contributed by atoms with E-state index in [0.717, 1.165) is 37.6 Å². The van der Waals surface area contributed by atoms with Gasteiger partial charge in [-0.2, -0.15) is 0 Å². The van der Waals surface area contributed by atoms with Crippen molar-refractivity contribution in [3.63, 3.8) is 0 Å². The van der Waals surface area contributed by atoms with Crippen LogP contribution >= 0.6 is 0 Å². The molecule has 2 aliphatic rings. The monoisotopic (exact) mass is 403 g/mol. The predicted molar refractivity (Wildman–Crippen MR) is 113 cm³/mol. The van der Waals surface area contributed by atoms with Crippen molar-refractivity contribution in [3.05, 3.63) is 78.1 Å². The first kappa shape index (κ1) is 18.3. The minimum absolute atomic E-state index is 0.193. The molecule has 0 aliphatic carbocycles. The van der Waals surface area contributed by atoms with Gasteiger partial charge in [-0.05, 0) is 48.5 Å². The van der Waals surface area contributed by atoms with Crippen molar-refractivity contribution in [1.29, 1.82) is 0 Å². The molecule has 0 radical (unpaired) electrons. The van der Waals surface area contributed by atoms with Gasteiger partial charge in [0.25, 0.3) is 0 Å². The first-order valence-electron chi connectivity index (χ1n) is 9.79. The number of benzene rings is 2. The van der Waals surface area contributed by atoms with Crippen molar-refractivity contribution in [2.45, 2.75) is 0 Å². The molecule has 0 amide bonds. The highest BCUT2D eigenvalue weighted by atomic mass is 16.4. The summed E-state index contributed by atoms with van der Waals surface area (Å²) in [5, 5.41) is 18.7. The lowest BCUT2D eigenvalue weighted by atomic mass is 9.72. The van der Waals surface area contributed by atoms with Gasteiger partial charge in [0, 0.05) is 49.7 Å². The van der Waals surface area contributed by atoms with Gasteiger partial charge in [-0.15, -0.1) is 0 Å². The number of carbonyl (C=O) groups is 2. The fourth-order valence-electron chi connectivity index (χ4n) is 4.61. The number of nitrogens with zero attached hydrogens (tertiary/aromatic N) is 3. The van der Waals surface area contributed by atoms with Crippen LogP contribution in [0, 0.1) is 5.41 Å². The number of aromatic nitrogens is 1. The highest BCUT2D eigenvalue weighted by Crippen LogP contribution is 2.45. The van der Waals surface area contributed by atoms with Crippen LogP contribution in [-0.4, -0.2) is 52.9 Å². The SMILES string of the molecule is O=C(O)c1ccc(N2CC3(C2)CN(c2cccc(C(=O)O)c2-n2cccc2)C3)cc1. The van der Waals surface area contributed by atoms with Crippen LogP contribution in [0.15, 0.2) is 67.0 Å². The maximum absolute atomic E-state index is 11.8. The Morgan fingerprint density at radius 1 is 0.767 bits per heavy atom. The molecule has 7 nitrogen and oxygen atoms in total. The summed E-state index contributed by atoms with van der Waals surface area (Å²) in [6.45, 7) is 3.56. The summed E-state index contributed by atoms with van der Waals surface area (Å²) in [6, 6.07) is 16.2. The van der Waals surface area contributed by atoms with Crippen molar-refractivity contribution in [2.24, 2.45) is 5.41 Å². The Kier molecular flexibility index (Phi) is 4.06. The van der Waals surface area contributed by atoms with Crippen LogP contribution in [0.5, 0.6) is 0 Å². The molecule has 2 N–H and O–H groups in total. The summed E-state index contributed by atoms with van der Waals surface area (Å²) >= 11 is 0. The highest BCUT2D eigenvalue weighted by Gasteiger charge is 2.52. The van der Waals surface area contributed by atoms with Crippen molar-refractivity contribution in [3.8, 4) is 5.69 Å². The molecule has 7 heteroatoms. The molecule has 2 saturated heterocycles. The fraction of sp³-hybridized carbons (Fsp3) is 0.217. The summed E-state index contributed by atoms with van der Waals surface area (Å²) in [5.74, 6) is -1.85. The summed E-state index contributed by atoms with van der Waals surface area (Å²) in [6.07, 6.45) is 3.74. The van der Waals surface area contributed by atoms with Crippen LogP contribution in [0.2, 0.25) is 0 Å². The summed E-state index contributed by atoms with van der Waals surface area (Å²) in [4.78, 5) is 27.3. The molecule has 0 atom stereocenters. The average Bonchev–Trinajstić information content (AvgIpc) is 3.20. The minimum atomic E-state index is -0.935. The molecule has 2 aliphatic heterocycles. The number of carboxylic acids is 2. The lowest BCUT2D eigenvalue weighted by Gasteiger charge is -2.62. The van der Waals surface area contributed by atoms with E-state index in [1.54, 1.807) is 24.3 Å². The van der Waals surface area contributed by atoms with E-state index >= 15 is 0 Å². The van der Waals surface area contributed by atoms with E-state index in [1.165, 1.54) is 0 Å². The molecule has 3 aromatic rings. The topological polar surface area (TPSA) is 86.0 Å². The molecular formula is C23H21N3O4. The molecule has 0 unspecified atom stereocenters. The van der Waals surface area contributed by atoms with Crippen molar-refractivity contribution in [2.75, 3.05) is 36.0 Å². The van der Waals surface area contributed by atoms with Crippen molar-refractivity contribution >= 4 is 23.3 Å². The molecule has 3 heterocycles. The van der Waals surface area contributed by atoms with Crippen LogP contribution in [0.25, 0.3) is 5.69 Å². The van der Waals surface area contributed by atoms with Gasteiger partial charge in [-0.1, -0.05) is 6.07 Å². The molecule has 1 spiro atoms. The first-order valence-corrected chi connectivity index (χ1v) is 9.79. The zero-order chi connectivity index (χ0) is 20.9. The number of hydrogen-bond acceptors (Lipinski definition) is 4. The number of anilines is 2.